The Bertz CT molecular complexity index is 1180. The van der Waals surface area contributed by atoms with Gasteiger partial charge in [0, 0.05) is 12.7 Å². The van der Waals surface area contributed by atoms with E-state index >= 15 is 0 Å². The zero-order valence-corrected chi connectivity index (χ0v) is 13.8. The van der Waals surface area contributed by atoms with Gasteiger partial charge in [0.2, 0.25) is 0 Å². The molecule has 0 fully saturated rings. The van der Waals surface area contributed by atoms with Crippen LogP contribution in [0.2, 0.25) is 0 Å². The van der Waals surface area contributed by atoms with Crippen LogP contribution in [-0.4, -0.2) is 32.7 Å². The summed E-state index contributed by atoms with van der Waals surface area (Å²) in [5.74, 6) is 0.208. The summed E-state index contributed by atoms with van der Waals surface area (Å²) in [6.45, 7) is 0. The normalized spacial score (nSPS) is 10.8. The van der Waals surface area contributed by atoms with Crippen LogP contribution in [0.4, 0.5) is 16.3 Å². The second-order valence-corrected chi connectivity index (χ2v) is 5.55. The monoisotopic (exact) mass is 349 g/mol. The Labute approximate surface area is 147 Å². The molecule has 0 radical (unpaired) electrons. The Morgan fingerprint density at radius 2 is 1.88 bits per heavy atom. The summed E-state index contributed by atoms with van der Waals surface area (Å²) >= 11 is 0. The zero-order valence-electron chi connectivity index (χ0n) is 13.8. The number of amides is 2. The summed E-state index contributed by atoms with van der Waals surface area (Å²) in [6, 6.07) is 13.0. The molecule has 130 valence electrons. The topological polar surface area (TPSA) is 117 Å². The molecule has 0 saturated heterocycles. The van der Waals surface area contributed by atoms with Crippen LogP contribution in [-0.2, 0) is 0 Å². The number of aromatic nitrogens is 4. The Morgan fingerprint density at radius 1 is 1.08 bits per heavy atom. The largest absolute Gasteiger partial charge is 0.346 e. The molecule has 0 unspecified atom stereocenters. The predicted octanol–water partition coefficient (Wildman–Crippen LogP) is 2.09. The molecule has 4 aromatic rings. The molecule has 0 aliphatic carbocycles. The van der Waals surface area contributed by atoms with E-state index in [0.29, 0.717) is 16.9 Å². The van der Waals surface area contributed by atoms with Crippen LogP contribution in [0.3, 0.4) is 0 Å². The third-order valence-corrected chi connectivity index (χ3v) is 3.94. The van der Waals surface area contributed by atoms with E-state index < -0.39 is 11.7 Å². The second-order valence-electron chi connectivity index (χ2n) is 5.55. The molecule has 0 aliphatic heterocycles. The standard InChI is InChI=1S/C17H15N7O2/c1-18-24-15-13(22-17(24)26)14(19-9-20-15)23-16(25)21-12-7-6-10-4-2-3-5-11(10)8-12/h2-9,18H,1H3,(H,22,26)(H2,19,20,21,23,25). The predicted molar refractivity (Wildman–Crippen MR) is 100 cm³/mol. The van der Waals surface area contributed by atoms with Crippen molar-refractivity contribution in [2.24, 2.45) is 0 Å². The quantitative estimate of drug-likeness (QED) is 0.452. The number of aromatic amines is 1. The summed E-state index contributed by atoms with van der Waals surface area (Å²) < 4.78 is 1.23. The lowest BCUT2D eigenvalue weighted by molar-refractivity contribution is 0.262. The molecule has 9 heteroatoms. The fourth-order valence-corrected chi connectivity index (χ4v) is 2.76. The van der Waals surface area contributed by atoms with E-state index in [1.54, 1.807) is 7.05 Å². The minimum atomic E-state index is -0.474. The molecule has 0 aliphatic rings. The number of nitrogens with one attached hydrogen (secondary N) is 4. The highest BCUT2D eigenvalue weighted by atomic mass is 16.2. The first-order valence-corrected chi connectivity index (χ1v) is 7.86. The number of benzene rings is 2. The number of nitrogens with zero attached hydrogens (tertiary/aromatic N) is 3. The molecule has 0 saturated carbocycles. The Kier molecular flexibility index (Phi) is 3.73. The molecular weight excluding hydrogens is 334 g/mol. The van der Waals surface area contributed by atoms with E-state index in [1.807, 2.05) is 42.5 Å². The van der Waals surface area contributed by atoms with E-state index in [1.165, 1.54) is 11.0 Å². The van der Waals surface area contributed by atoms with Crippen LogP contribution in [0.25, 0.3) is 21.9 Å². The number of rotatable bonds is 3. The van der Waals surface area contributed by atoms with Crippen LogP contribution in [0, 0.1) is 0 Å². The summed E-state index contributed by atoms with van der Waals surface area (Å²) in [4.78, 5) is 34.9. The van der Waals surface area contributed by atoms with Gasteiger partial charge in [0.1, 0.15) is 11.8 Å². The molecule has 0 bridgehead atoms. The number of imidazole rings is 1. The lowest BCUT2D eigenvalue weighted by atomic mass is 10.1. The molecular formula is C17H15N7O2. The van der Waals surface area contributed by atoms with Crippen LogP contribution in [0.5, 0.6) is 0 Å². The van der Waals surface area contributed by atoms with Crippen LogP contribution in [0.15, 0.2) is 53.6 Å². The van der Waals surface area contributed by atoms with Gasteiger partial charge in [-0.25, -0.2) is 19.6 Å². The SMILES string of the molecule is CNn1c(=O)[nH]c2c(NC(=O)Nc3ccc4ccccc4c3)ncnc21. The summed E-state index contributed by atoms with van der Waals surface area (Å²) in [7, 11) is 1.59. The fourth-order valence-electron chi connectivity index (χ4n) is 2.76. The number of carbonyl (C=O) groups excluding carboxylic acids is 1. The number of carbonyl (C=O) groups is 1. The van der Waals surface area contributed by atoms with Crippen molar-refractivity contribution in [2.75, 3.05) is 23.1 Å². The first-order valence-electron chi connectivity index (χ1n) is 7.86. The average Bonchev–Trinajstić information content (AvgIpc) is 2.97. The maximum atomic E-state index is 12.3. The van der Waals surface area contributed by atoms with E-state index in [0.717, 1.165) is 10.8 Å². The Balaban J connectivity index is 1.60. The minimum Gasteiger partial charge on any atom is -0.323 e. The summed E-state index contributed by atoms with van der Waals surface area (Å²) in [5.41, 5.74) is 3.63. The highest BCUT2D eigenvalue weighted by Gasteiger charge is 2.14. The summed E-state index contributed by atoms with van der Waals surface area (Å²) in [6.07, 6.45) is 1.27. The van der Waals surface area contributed by atoms with Crippen molar-refractivity contribution in [1.82, 2.24) is 19.6 Å². The summed E-state index contributed by atoms with van der Waals surface area (Å²) in [5, 5.41) is 7.50. The Morgan fingerprint density at radius 3 is 2.69 bits per heavy atom. The van der Waals surface area contributed by atoms with Gasteiger partial charge < -0.3 is 10.7 Å². The lowest BCUT2D eigenvalue weighted by Gasteiger charge is -2.08. The van der Waals surface area contributed by atoms with Gasteiger partial charge in [-0.05, 0) is 22.9 Å². The molecule has 2 aromatic heterocycles. The van der Waals surface area contributed by atoms with Gasteiger partial charge in [-0.1, -0.05) is 30.3 Å². The van der Waals surface area contributed by atoms with Gasteiger partial charge in [-0.2, -0.15) is 4.68 Å². The van der Waals surface area contributed by atoms with Gasteiger partial charge in [0.15, 0.2) is 11.5 Å². The van der Waals surface area contributed by atoms with Crippen molar-refractivity contribution >= 4 is 39.5 Å². The molecule has 0 atom stereocenters. The lowest BCUT2D eigenvalue weighted by Crippen LogP contribution is -2.23. The first kappa shape index (κ1) is 15.6. The molecule has 26 heavy (non-hydrogen) atoms. The van der Waals surface area contributed by atoms with Crippen LogP contribution in [0.1, 0.15) is 0 Å². The smallest absolute Gasteiger partial charge is 0.323 e. The number of urea groups is 1. The number of hydrogen-bond acceptors (Lipinski definition) is 5. The van der Waals surface area contributed by atoms with Gasteiger partial charge >= 0.3 is 11.7 Å². The van der Waals surface area contributed by atoms with Crippen molar-refractivity contribution in [3.05, 3.63) is 59.3 Å². The van der Waals surface area contributed by atoms with Crippen molar-refractivity contribution in [3.8, 4) is 0 Å². The number of H-pyrrole nitrogens is 1. The maximum Gasteiger partial charge on any atom is 0.346 e. The minimum absolute atomic E-state index is 0.208. The van der Waals surface area contributed by atoms with E-state index in [4.69, 9.17) is 0 Å². The molecule has 4 rings (SSSR count). The number of anilines is 2. The molecule has 9 nitrogen and oxygen atoms in total. The highest BCUT2D eigenvalue weighted by molar-refractivity contribution is 6.03. The van der Waals surface area contributed by atoms with Crippen molar-refractivity contribution in [3.63, 3.8) is 0 Å². The van der Waals surface area contributed by atoms with E-state index in [-0.39, 0.29) is 5.82 Å². The van der Waals surface area contributed by atoms with Crippen molar-refractivity contribution < 1.29 is 4.79 Å². The number of hydrogen-bond donors (Lipinski definition) is 4. The van der Waals surface area contributed by atoms with Crippen LogP contribution < -0.4 is 21.7 Å². The first-order chi connectivity index (χ1) is 12.7. The zero-order chi connectivity index (χ0) is 18.1. The molecule has 4 N–H and O–H groups in total. The van der Waals surface area contributed by atoms with E-state index in [9.17, 15) is 9.59 Å². The van der Waals surface area contributed by atoms with Crippen molar-refractivity contribution in [2.45, 2.75) is 0 Å². The molecule has 0 spiro atoms. The third kappa shape index (κ3) is 2.71. The second kappa shape index (κ2) is 6.20. The van der Waals surface area contributed by atoms with Crippen molar-refractivity contribution in [1.29, 1.82) is 0 Å². The molecule has 2 amide bonds. The molecule has 2 heterocycles. The van der Waals surface area contributed by atoms with Gasteiger partial charge in [0.05, 0.1) is 0 Å². The van der Waals surface area contributed by atoms with Gasteiger partial charge in [-0.15, -0.1) is 0 Å². The van der Waals surface area contributed by atoms with Gasteiger partial charge in [-0.3, -0.25) is 10.3 Å². The van der Waals surface area contributed by atoms with E-state index in [2.05, 4.69) is 31.0 Å². The Hall–Kier alpha value is -3.88. The van der Waals surface area contributed by atoms with Gasteiger partial charge in [0.25, 0.3) is 0 Å². The maximum absolute atomic E-state index is 12.3. The molecule has 2 aromatic carbocycles. The third-order valence-electron chi connectivity index (χ3n) is 3.94. The highest BCUT2D eigenvalue weighted by Crippen LogP contribution is 2.19. The number of fused-ring (bicyclic) bond motifs is 2. The average molecular weight is 349 g/mol. The fraction of sp³-hybridized carbons (Fsp3) is 0.0588. The van der Waals surface area contributed by atoms with Crippen LogP contribution >= 0.6 is 0 Å².